The second-order valence-corrected chi connectivity index (χ2v) is 7.02. The molecule has 3 rings (SSSR count). The van der Waals surface area contributed by atoms with Gasteiger partial charge in [-0.15, -0.1) is 0 Å². The van der Waals surface area contributed by atoms with Crippen molar-refractivity contribution in [1.29, 1.82) is 0 Å². The van der Waals surface area contributed by atoms with Crippen LogP contribution >= 0.6 is 0 Å². The largest absolute Gasteiger partial charge is 0.492 e. The minimum Gasteiger partial charge on any atom is -0.492 e. The Kier molecular flexibility index (Phi) is 4.44. The maximum atomic E-state index is 12.7. The van der Waals surface area contributed by atoms with E-state index in [9.17, 15) is 8.42 Å². The number of rotatable bonds is 6. The number of hydrogen-bond donors (Lipinski definition) is 1. The molecule has 0 spiro atoms. The van der Waals surface area contributed by atoms with Crippen molar-refractivity contribution >= 4 is 16.0 Å². The fraction of sp³-hybridized carbons (Fsp3) is 0.333. The molecule has 0 saturated carbocycles. The monoisotopic (exact) mass is 334 g/mol. The van der Waals surface area contributed by atoms with E-state index in [1.54, 1.807) is 42.7 Å². The molecule has 1 aromatic carbocycles. The third kappa shape index (κ3) is 3.27. The standard InChI is InChI=1S/C15H18N4O3S/c1-2-22-13-6-3-4-7-14(13)23(20,21)19-10-12(11-19)18-15-16-8-5-9-17-15/h3-9,12H,2,10-11H2,1H3,(H,16,17,18). The maximum absolute atomic E-state index is 12.7. The summed E-state index contributed by atoms with van der Waals surface area (Å²) >= 11 is 0. The highest BCUT2D eigenvalue weighted by molar-refractivity contribution is 7.89. The third-order valence-corrected chi connectivity index (χ3v) is 5.38. The molecule has 0 radical (unpaired) electrons. The summed E-state index contributed by atoms with van der Waals surface area (Å²) in [6.07, 6.45) is 3.28. The molecule has 7 nitrogen and oxygen atoms in total. The Morgan fingerprint density at radius 2 is 1.91 bits per heavy atom. The molecular formula is C15H18N4O3S. The molecule has 0 atom stereocenters. The molecule has 2 aromatic rings. The van der Waals surface area contributed by atoms with E-state index in [-0.39, 0.29) is 10.9 Å². The number of anilines is 1. The molecule has 0 unspecified atom stereocenters. The Labute approximate surface area is 135 Å². The first-order chi connectivity index (χ1) is 11.1. The van der Waals surface area contributed by atoms with Gasteiger partial charge in [0.1, 0.15) is 10.6 Å². The highest BCUT2D eigenvalue weighted by Gasteiger charge is 2.38. The molecule has 23 heavy (non-hydrogen) atoms. The zero-order valence-corrected chi connectivity index (χ0v) is 13.5. The number of nitrogens with zero attached hydrogens (tertiary/aromatic N) is 3. The molecule has 1 aromatic heterocycles. The molecule has 2 heterocycles. The van der Waals surface area contributed by atoms with Crippen molar-refractivity contribution in [1.82, 2.24) is 14.3 Å². The lowest BCUT2D eigenvalue weighted by atomic mass is 10.2. The minimum atomic E-state index is -3.55. The lowest BCUT2D eigenvalue weighted by Gasteiger charge is -2.38. The molecule has 0 bridgehead atoms. The first kappa shape index (κ1) is 15.7. The zero-order chi connectivity index (χ0) is 16.3. The molecule has 1 saturated heterocycles. The summed E-state index contributed by atoms with van der Waals surface area (Å²) in [7, 11) is -3.55. The van der Waals surface area contributed by atoms with E-state index in [0.717, 1.165) is 0 Å². The van der Waals surface area contributed by atoms with Gasteiger partial charge in [0.25, 0.3) is 0 Å². The van der Waals surface area contributed by atoms with E-state index >= 15 is 0 Å². The quantitative estimate of drug-likeness (QED) is 0.859. The number of aromatic nitrogens is 2. The Morgan fingerprint density at radius 3 is 2.61 bits per heavy atom. The predicted octanol–water partition coefficient (Wildman–Crippen LogP) is 1.36. The van der Waals surface area contributed by atoms with Gasteiger partial charge in [-0.1, -0.05) is 12.1 Å². The van der Waals surface area contributed by atoms with Crippen molar-refractivity contribution in [2.24, 2.45) is 0 Å². The molecule has 1 fully saturated rings. The molecule has 1 aliphatic heterocycles. The van der Waals surface area contributed by atoms with E-state index in [1.807, 2.05) is 6.92 Å². The van der Waals surface area contributed by atoms with Gasteiger partial charge in [-0.05, 0) is 25.1 Å². The van der Waals surface area contributed by atoms with Gasteiger partial charge in [0.15, 0.2) is 0 Å². The summed E-state index contributed by atoms with van der Waals surface area (Å²) in [6, 6.07) is 8.43. The van der Waals surface area contributed by atoms with Crippen LogP contribution in [0.25, 0.3) is 0 Å². The van der Waals surface area contributed by atoms with Crippen molar-refractivity contribution in [3.05, 3.63) is 42.7 Å². The Balaban J connectivity index is 1.69. The van der Waals surface area contributed by atoms with Gasteiger partial charge < -0.3 is 10.1 Å². The average Bonchev–Trinajstić information content (AvgIpc) is 2.52. The summed E-state index contributed by atoms with van der Waals surface area (Å²) < 4.78 is 32.2. The van der Waals surface area contributed by atoms with Crippen molar-refractivity contribution in [3.63, 3.8) is 0 Å². The van der Waals surface area contributed by atoms with E-state index in [2.05, 4.69) is 15.3 Å². The lowest BCUT2D eigenvalue weighted by Crippen LogP contribution is -2.57. The fourth-order valence-electron chi connectivity index (χ4n) is 2.36. The molecule has 0 amide bonds. The molecular weight excluding hydrogens is 316 g/mol. The summed E-state index contributed by atoms with van der Waals surface area (Å²) in [5.74, 6) is 0.891. The van der Waals surface area contributed by atoms with Crippen LogP contribution in [0.2, 0.25) is 0 Å². The van der Waals surface area contributed by atoms with E-state index < -0.39 is 10.0 Å². The molecule has 0 aliphatic carbocycles. The Morgan fingerprint density at radius 1 is 1.22 bits per heavy atom. The van der Waals surface area contributed by atoms with Crippen LogP contribution in [-0.2, 0) is 10.0 Å². The van der Waals surface area contributed by atoms with Gasteiger partial charge in [-0.3, -0.25) is 0 Å². The van der Waals surface area contributed by atoms with E-state index in [1.165, 1.54) is 4.31 Å². The van der Waals surface area contributed by atoms with Crippen molar-refractivity contribution in [3.8, 4) is 5.75 Å². The van der Waals surface area contributed by atoms with Gasteiger partial charge in [-0.2, -0.15) is 4.31 Å². The molecule has 1 aliphatic rings. The second kappa shape index (κ2) is 6.51. The third-order valence-electron chi connectivity index (χ3n) is 3.51. The van der Waals surface area contributed by atoms with Crippen molar-refractivity contribution in [2.45, 2.75) is 17.9 Å². The first-order valence-corrected chi connectivity index (χ1v) is 8.81. The summed E-state index contributed by atoms with van der Waals surface area (Å²) in [5, 5.41) is 3.11. The topological polar surface area (TPSA) is 84.4 Å². The van der Waals surface area contributed by atoms with Crippen LogP contribution in [-0.4, -0.2) is 48.4 Å². The number of nitrogens with one attached hydrogen (secondary N) is 1. The zero-order valence-electron chi connectivity index (χ0n) is 12.7. The number of ether oxygens (including phenoxy) is 1. The Bertz CT molecular complexity index is 761. The molecule has 8 heteroatoms. The maximum Gasteiger partial charge on any atom is 0.246 e. The summed E-state index contributed by atoms with van der Waals surface area (Å²) in [5.41, 5.74) is 0. The van der Waals surface area contributed by atoms with Crippen LogP contribution in [0.5, 0.6) is 5.75 Å². The second-order valence-electron chi connectivity index (χ2n) is 5.12. The van der Waals surface area contributed by atoms with Crippen LogP contribution < -0.4 is 10.1 Å². The van der Waals surface area contributed by atoms with Crippen LogP contribution in [0.4, 0.5) is 5.95 Å². The first-order valence-electron chi connectivity index (χ1n) is 7.37. The summed E-state index contributed by atoms with van der Waals surface area (Å²) in [6.45, 7) is 3.00. The van der Waals surface area contributed by atoms with Gasteiger partial charge in [0.05, 0.1) is 12.6 Å². The number of benzene rings is 1. The normalized spacial score (nSPS) is 15.9. The fourth-order valence-corrected chi connectivity index (χ4v) is 4.02. The van der Waals surface area contributed by atoms with Crippen LogP contribution in [0.3, 0.4) is 0 Å². The lowest BCUT2D eigenvalue weighted by molar-refractivity contribution is 0.276. The van der Waals surface area contributed by atoms with Crippen LogP contribution in [0.15, 0.2) is 47.6 Å². The highest BCUT2D eigenvalue weighted by atomic mass is 32.2. The van der Waals surface area contributed by atoms with Gasteiger partial charge >= 0.3 is 0 Å². The van der Waals surface area contributed by atoms with Gasteiger partial charge in [-0.25, -0.2) is 18.4 Å². The predicted molar refractivity (Wildman–Crippen MR) is 85.8 cm³/mol. The van der Waals surface area contributed by atoms with Crippen LogP contribution in [0, 0.1) is 0 Å². The number of para-hydroxylation sites is 1. The van der Waals surface area contributed by atoms with Crippen LogP contribution in [0.1, 0.15) is 6.92 Å². The SMILES string of the molecule is CCOc1ccccc1S(=O)(=O)N1CC(Nc2ncccn2)C1. The molecule has 1 N–H and O–H groups in total. The molecule has 122 valence electrons. The smallest absolute Gasteiger partial charge is 0.246 e. The minimum absolute atomic E-state index is 0.00595. The van der Waals surface area contributed by atoms with E-state index in [4.69, 9.17) is 4.74 Å². The van der Waals surface area contributed by atoms with Gasteiger partial charge in [0.2, 0.25) is 16.0 Å². The van der Waals surface area contributed by atoms with E-state index in [0.29, 0.717) is 31.4 Å². The Hall–Kier alpha value is -2.19. The summed E-state index contributed by atoms with van der Waals surface area (Å²) in [4.78, 5) is 8.35. The number of hydrogen-bond acceptors (Lipinski definition) is 6. The average molecular weight is 334 g/mol. The highest BCUT2D eigenvalue weighted by Crippen LogP contribution is 2.29. The van der Waals surface area contributed by atoms with Crippen molar-refractivity contribution in [2.75, 3.05) is 25.0 Å². The van der Waals surface area contributed by atoms with Crippen molar-refractivity contribution < 1.29 is 13.2 Å². The number of sulfonamides is 1. The van der Waals surface area contributed by atoms with Gasteiger partial charge in [0, 0.05) is 25.5 Å².